The van der Waals surface area contributed by atoms with Crippen molar-refractivity contribution in [1.29, 1.82) is 0 Å². The fraction of sp³-hybridized carbons (Fsp3) is 0.333. The van der Waals surface area contributed by atoms with E-state index in [2.05, 4.69) is 19.2 Å². The fourth-order valence-corrected chi connectivity index (χ4v) is 2.35. The van der Waals surface area contributed by atoms with Gasteiger partial charge in [0.15, 0.2) is 13.2 Å². The monoisotopic (exact) mass is 355 g/mol. The Morgan fingerprint density at radius 1 is 1.00 bits per heavy atom. The molecule has 0 unspecified atom stereocenters. The first-order valence-electron chi connectivity index (χ1n) is 8.61. The maximum Gasteiger partial charge on any atom is 0.344 e. The van der Waals surface area contributed by atoms with Crippen LogP contribution in [0.15, 0.2) is 42.5 Å². The normalized spacial score (nSPS) is 10.5. The molecule has 2 aromatic carbocycles. The first kappa shape index (κ1) is 19.5. The number of nitrogens with one attached hydrogen (secondary N) is 1. The van der Waals surface area contributed by atoms with Gasteiger partial charge in [-0.25, -0.2) is 4.79 Å². The Balaban J connectivity index is 1.76. The molecule has 0 saturated heterocycles. The number of ether oxygens (including phenoxy) is 2. The van der Waals surface area contributed by atoms with Gasteiger partial charge in [0.1, 0.15) is 5.75 Å². The maximum absolute atomic E-state index is 11.9. The van der Waals surface area contributed by atoms with Crippen LogP contribution >= 0.6 is 0 Å². The topological polar surface area (TPSA) is 64.6 Å². The number of amides is 1. The van der Waals surface area contributed by atoms with Crippen molar-refractivity contribution in [3.63, 3.8) is 0 Å². The number of anilines is 1. The van der Waals surface area contributed by atoms with Crippen molar-refractivity contribution in [3.8, 4) is 5.75 Å². The highest BCUT2D eigenvalue weighted by Crippen LogP contribution is 2.19. The molecular weight excluding hydrogens is 330 g/mol. The molecule has 1 N–H and O–H groups in total. The van der Waals surface area contributed by atoms with E-state index in [9.17, 15) is 9.59 Å². The standard InChI is InChI=1S/C21H25NO4/c1-14(2)17-8-10-18(11-9-17)25-13-21(24)26-12-20(23)22-19-7-5-6-15(3)16(19)4/h5-11,14H,12-13H2,1-4H3,(H,22,23). The summed E-state index contributed by atoms with van der Waals surface area (Å²) >= 11 is 0. The van der Waals surface area contributed by atoms with Crippen LogP contribution in [-0.4, -0.2) is 25.1 Å². The summed E-state index contributed by atoms with van der Waals surface area (Å²) in [5.41, 5.74) is 3.98. The molecule has 2 rings (SSSR count). The van der Waals surface area contributed by atoms with Crippen LogP contribution in [0, 0.1) is 13.8 Å². The number of carbonyl (C=O) groups is 2. The minimum Gasteiger partial charge on any atom is -0.482 e. The van der Waals surface area contributed by atoms with Crippen molar-refractivity contribution < 1.29 is 19.1 Å². The summed E-state index contributed by atoms with van der Waals surface area (Å²) in [4.78, 5) is 23.7. The number of benzene rings is 2. The quantitative estimate of drug-likeness (QED) is 0.763. The van der Waals surface area contributed by atoms with Crippen LogP contribution in [0.25, 0.3) is 0 Å². The molecule has 2 aromatic rings. The van der Waals surface area contributed by atoms with Crippen LogP contribution in [0.3, 0.4) is 0 Å². The molecule has 0 aliphatic rings. The summed E-state index contributed by atoms with van der Waals surface area (Å²) in [5.74, 6) is 0.0538. The van der Waals surface area contributed by atoms with Gasteiger partial charge in [-0.1, -0.05) is 38.1 Å². The van der Waals surface area contributed by atoms with Gasteiger partial charge in [-0.05, 0) is 54.7 Å². The van der Waals surface area contributed by atoms with Crippen LogP contribution < -0.4 is 10.1 Å². The number of hydrogen-bond donors (Lipinski definition) is 1. The molecule has 0 bridgehead atoms. The molecular formula is C21H25NO4. The van der Waals surface area contributed by atoms with Crippen molar-refractivity contribution >= 4 is 17.6 Å². The van der Waals surface area contributed by atoms with Gasteiger partial charge < -0.3 is 14.8 Å². The number of esters is 1. The Labute approximate surface area is 154 Å². The van der Waals surface area contributed by atoms with E-state index >= 15 is 0 Å². The van der Waals surface area contributed by atoms with Crippen LogP contribution in [0.5, 0.6) is 5.75 Å². The molecule has 0 spiro atoms. The van der Waals surface area contributed by atoms with Crippen molar-refractivity contribution in [2.24, 2.45) is 0 Å². The van der Waals surface area contributed by atoms with Crippen LogP contribution in [0.4, 0.5) is 5.69 Å². The molecule has 5 nitrogen and oxygen atoms in total. The molecule has 138 valence electrons. The highest BCUT2D eigenvalue weighted by molar-refractivity contribution is 5.93. The summed E-state index contributed by atoms with van der Waals surface area (Å²) in [5, 5.41) is 2.74. The smallest absolute Gasteiger partial charge is 0.344 e. The largest absolute Gasteiger partial charge is 0.482 e. The highest BCUT2D eigenvalue weighted by atomic mass is 16.6. The first-order chi connectivity index (χ1) is 12.4. The second kappa shape index (κ2) is 9.04. The van der Waals surface area contributed by atoms with Gasteiger partial charge in [-0.15, -0.1) is 0 Å². The van der Waals surface area contributed by atoms with Gasteiger partial charge in [-0.2, -0.15) is 0 Å². The minimum atomic E-state index is -0.589. The van der Waals surface area contributed by atoms with E-state index in [0.717, 1.165) is 11.1 Å². The number of rotatable bonds is 7. The number of hydrogen-bond acceptors (Lipinski definition) is 4. The zero-order valence-electron chi connectivity index (χ0n) is 15.7. The molecule has 0 aliphatic carbocycles. The van der Waals surface area contributed by atoms with E-state index in [0.29, 0.717) is 17.4 Å². The van der Waals surface area contributed by atoms with Crippen molar-refractivity contribution in [2.75, 3.05) is 18.5 Å². The van der Waals surface area contributed by atoms with E-state index in [-0.39, 0.29) is 19.1 Å². The Morgan fingerprint density at radius 2 is 1.69 bits per heavy atom. The summed E-state index contributed by atoms with van der Waals surface area (Å²) in [6.45, 7) is 7.53. The number of carbonyl (C=O) groups excluding carboxylic acids is 2. The van der Waals surface area contributed by atoms with E-state index < -0.39 is 5.97 Å². The lowest BCUT2D eigenvalue weighted by atomic mass is 10.0. The van der Waals surface area contributed by atoms with E-state index in [1.54, 1.807) is 0 Å². The molecule has 0 saturated carbocycles. The average molecular weight is 355 g/mol. The fourth-order valence-electron chi connectivity index (χ4n) is 2.35. The molecule has 0 radical (unpaired) electrons. The minimum absolute atomic E-state index is 0.238. The molecule has 0 fully saturated rings. The van der Waals surface area contributed by atoms with E-state index in [1.807, 2.05) is 56.3 Å². The van der Waals surface area contributed by atoms with Crippen molar-refractivity contribution in [2.45, 2.75) is 33.6 Å². The number of aryl methyl sites for hydroxylation is 1. The predicted octanol–water partition coefficient (Wildman–Crippen LogP) is 3.99. The van der Waals surface area contributed by atoms with Crippen LogP contribution in [0.1, 0.15) is 36.5 Å². The lowest BCUT2D eigenvalue weighted by Crippen LogP contribution is -2.24. The van der Waals surface area contributed by atoms with Crippen molar-refractivity contribution in [3.05, 3.63) is 59.2 Å². The maximum atomic E-state index is 11.9. The Morgan fingerprint density at radius 3 is 2.35 bits per heavy atom. The zero-order valence-corrected chi connectivity index (χ0v) is 15.7. The molecule has 26 heavy (non-hydrogen) atoms. The second-order valence-corrected chi connectivity index (χ2v) is 6.47. The summed E-state index contributed by atoms with van der Waals surface area (Å²) in [6, 6.07) is 13.2. The molecule has 0 heterocycles. The molecule has 1 amide bonds. The Hall–Kier alpha value is -2.82. The average Bonchev–Trinajstić information content (AvgIpc) is 2.62. The third-order valence-corrected chi connectivity index (χ3v) is 4.15. The third-order valence-electron chi connectivity index (χ3n) is 4.15. The SMILES string of the molecule is Cc1cccc(NC(=O)COC(=O)COc2ccc(C(C)C)cc2)c1C. The zero-order chi connectivity index (χ0) is 19.1. The highest BCUT2D eigenvalue weighted by Gasteiger charge is 2.10. The second-order valence-electron chi connectivity index (χ2n) is 6.47. The lowest BCUT2D eigenvalue weighted by molar-refractivity contribution is -0.149. The summed E-state index contributed by atoms with van der Waals surface area (Å²) in [6.07, 6.45) is 0. The lowest BCUT2D eigenvalue weighted by Gasteiger charge is -2.11. The van der Waals surface area contributed by atoms with Gasteiger partial charge in [0.2, 0.25) is 0 Å². The van der Waals surface area contributed by atoms with Crippen LogP contribution in [0.2, 0.25) is 0 Å². The van der Waals surface area contributed by atoms with Gasteiger partial charge >= 0.3 is 5.97 Å². The van der Waals surface area contributed by atoms with Crippen molar-refractivity contribution in [1.82, 2.24) is 0 Å². The summed E-state index contributed by atoms with van der Waals surface area (Å²) in [7, 11) is 0. The first-order valence-corrected chi connectivity index (χ1v) is 8.61. The van der Waals surface area contributed by atoms with Gasteiger partial charge in [-0.3, -0.25) is 4.79 Å². The Bertz CT molecular complexity index is 766. The third kappa shape index (κ3) is 5.62. The molecule has 0 atom stereocenters. The Kier molecular flexibility index (Phi) is 6.78. The van der Waals surface area contributed by atoms with E-state index in [1.165, 1.54) is 5.56 Å². The molecule has 0 aromatic heterocycles. The predicted molar refractivity (Wildman–Crippen MR) is 102 cm³/mol. The van der Waals surface area contributed by atoms with Gasteiger partial charge in [0.05, 0.1) is 0 Å². The van der Waals surface area contributed by atoms with E-state index in [4.69, 9.17) is 9.47 Å². The molecule has 0 aliphatic heterocycles. The summed E-state index contributed by atoms with van der Waals surface area (Å²) < 4.78 is 10.3. The van der Waals surface area contributed by atoms with Gasteiger partial charge in [0.25, 0.3) is 5.91 Å². The molecule has 5 heteroatoms. The van der Waals surface area contributed by atoms with Crippen LogP contribution in [-0.2, 0) is 14.3 Å². The van der Waals surface area contributed by atoms with Gasteiger partial charge in [0, 0.05) is 5.69 Å².